The van der Waals surface area contributed by atoms with Gasteiger partial charge < -0.3 is 12.4 Å². The minimum absolute atomic E-state index is 0. The van der Waals surface area contributed by atoms with Gasteiger partial charge in [-0.15, -0.1) is 13.2 Å². The highest BCUT2D eigenvalue weighted by atomic mass is 35.5. The third-order valence-corrected chi connectivity index (χ3v) is 6.42. The normalized spacial score (nSPS) is 17.2. The third-order valence-electron chi connectivity index (χ3n) is 4.22. The van der Waals surface area contributed by atoms with Crippen LogP contribution in [0.2, 0.25) is 0 Å². The van der Waals surface area contributed by atoms with Crippen LogP contribution in [0.15, 0.2) is 24.3 Å². The van der Waals surface area contributed by atoms with E-state index in [1.165, 1.54) is 0 Å². The highest BCUT2D eigenvalue weighted by Gasteiger charge is 2.49. The summed E-state index contributed by atoms with van der Waals surface area (Å²) in [6, 6.07) is 7.31. The van der Waals surface area contributed by atoms with Crippen molar-refractivity contribution >= 4 is 20.6 Å². The maximum atomic E-state index is 13.5. The smallest absolute Gasteiger partial charge is 0.600 e. The van der Waals surface area contributed by atoms with Gasteiger partial charge in [0.05, 0.1) is 10.5 Å². The van der Waals surface area contributed by atoms with Gasteiger partial charge in [0.1, 0.15) is 0 Å². The van der Waals surface area contributed by atoms with Crippen LogP contribution < -0.4 is 12.4 Å². The molecule has 0 saturated heterocycles. The van der Waals surface area contributed by atoms with E-state index < -0.39 is 16.0 Å². The van der Waals surface area contributed by atoms with Crippen molar-refractivity contribution in [3.63, 3.8) is 0 Å². The molecular formula is C16H18ClF3S. The van der Waals surface area contributed by atoms with E-state index in [0.717, 1.165) is 43.1 Å². The first kappa shape index (κ1) is 16.6. The molecule has 0 radical (unpaired) electrons. The molecule has 21 heavy (non-hydrogen) atoms. The van der Waals surface area contributed by atoms with Gasteiger partial charge in [-0.1, -0.05) is 25.8 Å². The summed E-state index contributed by atoms with van der Waals surface area (Å²) in [6.07, 6.45) is 4.82. The Morgan fingerprint density at radius 1 is 1.14 bits per heavy atom. The molecule has 0 amide bonds. The number of rotatable bonds is 2. The van der Waals surface area contributed by atoms with Crippen molar-refractivity contribution in [2.45, 2.75) is 50.5 Å². The van der Waals surface area contributed by atoms with Crippen LogP contribution in [0.4, 0.5) is 13.2 Å². The van der Waals surface area contributed by atoms with E-state index in [1.54, 1.807) is 6.07 Å². The van der Waals surface area contributed by atoms with E-state index in [2.05, 4.69) is 0 Å². The first-order chi connectivity index (χ1) is 9.50. The van der Waals surface area contributed by atoms with Gasteiger partial charge in [-0.2, -0.15) is 0 Å². The third kappa shape index (κ3) is 3.07. The van der Waals surface area contributed by atoms with Gasteiger partial charge in [0.15, 0.2) is 9.58 Å². The lowest BCUT2D eigenvalue weighted by molar-refractivity contribution is -0.0868. The van der Waals surface area contributed by atoms with Crippen LogP contribution in [0.1, 0.15) is 49.0 Å². The van der Waals surface area contributed by atoms with Crippen LogP contribution >= 0.6 is 10.5 Å². The summed E-state index contributed by atoms with van der Waals surface area (Å²) in [6.45, 7) is 2.03. The van der Waals surface area contributed by atoms with Crippen LogP contribution in [0.25, 0.3) is 10.1 Å². The average molecular weight is 335 g/mol. The summed E-state index contributed by atoms with van der Waals surface area (Å²) >= 11 is 0. The summed E-state index contributed by atoms with van der Waals surface area (Å²) in [5.41, 5.74) is -3.04. The van der Waals surface area contributed by atoms with Gasteiger partial charge in [0.25, 0.3) is 0 Å². The average Bonchev–Trinajstić information content (AvgIpc) is 3.03. The highest BCUT2D eigenvalue weighted by molar-refractivity contribution is 7.38. The fourth-order valence-corrected chi connectivity index (χ4v) is 5.35. The molecule has 0 spiro atoms. The van der Waals surface area contributed by atoms with Gasteiger partial charge in [-0.05, 0) is 37.0 Å². The van der Waals surface area contributed by atoms with Gasteiger partial charge in [0.2, 0.25) is 0 Å². The number of fused-ring (bicyclic) bond motifs is 1. The summed E-state index contributed by atoms with van der Waals surface area (Å²) in [5, 5.41) is 0.798. The zero-order valence-electron chi connectivity index (χ0n) is 11.8. The van der Waals surface area contributed by atoms with Gasteiger partial charge in [-0.25, -0.2) is 0 Å². The van der Waals surface area contributed by atoms with Crippen molar-refractivity contribution in [3.05, 3.63) is 34.7 Å². The fourth-order valence-electron chi connectivity index (χ4n) is 3.21. The van der Waals surface area contributed by atoms with Crippen LogP contribution in [0.3, 0.4) is 0 Å². The van der Waals surface area contributed by atoms with Crippen molar-refractivity contribution < 1.29 is 25.6 Å². The van der Waals surface area contributed by atoms with Crippen molar-refractivity contribution in [2.24, 2.45) is 0 Å². The van der Waals surface area contributed by atoms with E-state index in [0.29, 0.717) is 9.58 Å². The lowest BCUT2D eigenvalue weighted by Gasteiger charge is -2.05. The van der Waals surface area contributed by atoms with Gasteiger partial charge in [0, 0.05) is 17.4 Å². The number of halogens is 4. The second-order valence-electron chi connectivity index (χ2n) is 5.51. The molecule has 1 aromatic heterocycles. The molecule has 1 unspecified atom stereocenters. The second kappa shape index (κ2) is 6.17. The molecular weight excluding hydrogens is 317 g/mol. The van der Waals surface area contributed by atoms with E-state index in [9.17, 15) is 13.2 Å². The molecule has 116 valence electrons. The molecule has 3 rings (SSSR count). The Balaban J connectivity index is 0.00000161. The Morgan fingerprint density at radius 3 is 2.38 bits per heavy atom. The Kier molecular flexibility index (Phi) is 4.89. The zero-order valence-corrected chi connectivity index (χ0v) is 13.4. The lowest BCUT2D eigenvalue weighted by atomic mass is 10.1. The summed E-state index contributed by atoms with van der Waals surface area (Å²) in [7, 11) is -1.70. The number of thiophene rings is 1. The van der Waals surface area contributed by atoms with Crippen molar-refractivity contribution in [1.29, 1.82) is 0 Å². The topological polar surface area (TPSA) is 0 Å². The van der Waals surface area contributed by atoms with Gasteiger partial charge >= 0.3 is 5.51 Å². The quantitative estimate of drug-likeness (QED) is 0.739. The summed E-state index contributed by atoms with van der Waals surface area (Å²) in [5.74, 6) is 0.137. The zero-order chi connectivity index (χ0) is 14.3. The number of hydrogen-bond donors (Lipinski definition) is 0. The molecule has 2 aromatic rings. The van der Waals surface area contributed by atoms with E-state index in [1.807, 2.05) is 25.1 Å². The van der Waals surface area contributed by atoms with Crippen LogP contribution in [-0.4, -0.2) is 0 Å². The SMILES string of the molecule is CCc1ccc2c(c1)cc(C1CCCC1)[s+]2C(F)(F)F.[Cl-]. The Hall–Kier alpha value is -0.740. The molecule has 1 heterocycles. The molecule has 0 aliphatic heterocycles. The first-order valence-electron chi connectivity index (χ1n) is 7.16. The van der Waals surface area contributed by atoms with Crippen molar-refractivity contribution in [2.75, 3.05) is 0 Å². The van der Waals surface area contributed by atoms with Crippen LogP contribution in [0, 0.1) is 0 Å². The standard InChI is InChI=1S/C16H18F3S.ClH/c1-2-11-7-8-14-13(9-11)10-15(12-5-3-4-6-12)20(14)16(17,18)19;/h7-10,12H,2-6H2,1H3;1H/q+1;/p-1. The fraction of sp³-hybridized carbons (Fsp3) is 0.500. The molecule has 0 N–H and O–H groups in total. The maximum Gasteiger partial charge on any atom is 0.600 e. The molecule has 1 saturated carbocycles. The molecule has 1 aromatic carbocycles. The van der Waals surface area contributed by atoms with Crippen molar-refractivity contribution in [3.8, 4) is 0 Å². The highest BCUT2D eigenvalue weighted by Crippen LogP contribution is 2.55. The number of hydrogen-bond acceptors (Lipinski definition) is 0. The summed E-state index contributed by atoms with van der Waals surface area (Å²) in [4.78, 5) is 0.637. The Bertz CT molecular complexity index is 624. The largest absolute Gasteiger partial charge is 1.00 e. The number of alkyl halides is 3. The molecule has 0 nitrogen and oxygen atoms in total. The predicted molar refractivity (Wildman–Crippen MR) is 78.3 cm³/mol. The summed E-state index contributed by atoms with van der Waals surface area (Å²) < 4.78 is 41.0. The molecule has 1 atom stereocenters. The second-order valence-corrected chi connectivity index (χ2v) is 7.49. The minimum atomic E-state index is -4.15. The van der Waals surface area contributed by atoms with Crippen LogP contribution in [0.5, 0.6) is 0 Å². The molecule has 0 bridgehead atoms. The molecule has 5 heteroatoms. The number of benzene rings is 1. The number of aryl methyl sites for hydroxylation is 1. The van der Waals surface area contributed by atoms with E-state index >= 15 is 0 Å². The maximum absolute atomic E-state index is 13.5. The minimum Gasteiger partial charge on any atom is -1.00 e. The van der Waals surface area contributed by atoms with Gasteiger partial charge in [-0.3, -0.25) is 0 Å². The predicted octanol–water partition coefficient (Wildman–Crippen LogP) is 3.29. The monoisotopic (exact) mass is 334 g/mol. The Morgan fingerprint density at radius 2 is 1.81 bits per heavy atom. The van der Waals surface area contributed by atoms with E-state index in [4.69, 9.17) is 0 Å². The lowest BCUT2D eigenvalue weighted by Crippen LogP contribution is -3.00. The molecule has 1 aliphatic rings. The molecule has 1 fully saturated rings. The molecule has 1 aliphatic carbocycles. The Labute approximate surface area is 131 Å². The van der Waals surface area contributed by atoms with Crippen molar-refractivity contribution in [1.82, 2.24) is 0 Å². The first-order valence-corrected chi connectivity index (χ1v) is 8.39. The van der Waals surface area contributed by atoms with E-state index in [-0.39, 0.29) is 18.3 Å². The van der Waals surface area contributed by atoms with Crippen LogP contribution in [-0.2, 0) is 11.9 Å².